The van der Waals surface area contributed by atoms with Gasteiger partial charge in [0.1, 0.15) is 0 Å². The first-order valence-electron chi connectivity index (χ1n) is 4.49. The van der Waals surface area contributed by atoms with E-state index in [4.69, 9.17) is 0 Å². The highest BCUT2D eigenvalue weighted by atomic mass is 14.9. The Bertz CT molecular complexity index is 365. The summed E-state index contributed by atoms with van der Waals surface area (Å²) in [6, 6.07) is 7.19. The number of aliphatic imine (C=N–C) groups is 1. The fraction of sp³-hybridized carbons (Fsp3) is 0.364. The third-order valence-electron chi connectivity index (χ3n) is 2.91. The third kappa shape index (κ3) is 0.711. The van der Waals surface area contributed by atoms with Crippen LogP contribution in [0.15, 0.2) is 23.2 Å². The highest BCUT2D eigenvalue weighted by Gasteiger charge is 2.41. The van der Waals surface area contributed by atoms with Crippen molar-refractivity contribution in [3.05, 3.63) is 34.9 Å². The second-order valence-electron chi connectivity index (χ2n) is 3.77. The Morgan fingerprint density at radius 1 is 1.42 bits per heavy atom. The number of benzene rings is 1. The molecule has 2 unspecified atom stereocenters. The lowest BCUT2D eigenvalue weighted by Crippen LogP contribution is -2.01. The van der Waals surface area contributed by atoms with E-state index in [1.807, 2.05) is 0 Å². The maximum absolute atomic E-state index is 4.48. The van der Waals surface area contributed by atoms with Gasteiger partial charge in [-0.05, 0) is 30.0 Å². The van der Waals surface area contributed by atoms with Crippen LogP contribution in [0.1, 0.15) is 29.0 Å². The normalized spacial score (nSPS) is 29.4. The fourth-order valence-corrected chi connectivity index (χ4v) is 2.05. The van der Waals surface area contributed by atoms with Crippen molar-refractivity contribution >= 4 is 6.21 Å². The topological polar surface area (TPSA) is 12.4 Å². The molecule has 1 aliphatic heterocycles. The van der Waals surface area contributed by atoms with Gasteiger partial charge in [0.2, 0.25) is 0 Å². The average molecular weight is 157 g/mol. The molecule has 1 heteroatoms. The quantitative estimate of drug-likeness (QED) is 0.548. The Balaban J connectivity index is 2.26. The second kappa shape index (κ2) is 1.98. The molecule has 2 aliphatic rings. The molecule has 0 saturated heterocycles. The van der Waals surface area contributed by atoms with Crippen molar-refractivity contribution in [2.24, 2.45) is 4.99 Å². The zero-order valence-electron chi connectivity index (χ0n) is 7.12. The minimum Gasteiger partial charge on any atom is -0.289 e. The molecule has 0 radical (unpaired) electrons. The van der Waals surface area contributed by atoms with Gasteiger partial charge in [-0.1, -0.05) is 18.2 Å². The third-order valence-corrected chi connectivity index (χ3v) is 2.91. The molecule has 1 saturated carbocycles. The molecule has 1 aromatic carbocycles. The standard InChI is InChI=1S/C11H11N/c1-7-3-2-4-8-9-5-11(9)12-6-10(7)8/h2-4,6,9,11H,5H2,1H3. The second-order valence-corrected chi connectivity index (χ2v) is 3.77. The van der Waals surface area contributed by atoms with E-state index in [0.29, 0.717) is 6.04 Å². The van der Waals surface area contributed by atoms with Gasteiger partial charge >= 0.3 is 0 Å². The summed E-state index contributed by atoms with van der Waals surface area (Å²) in [4.78, 5) is 4.48. The maximum Gasteiger partial charge on any atom is 0.0575 e. The van der Waals surface area contributed by atoms with Crippen molar-refractivity contribution in [2.75, 3.05) is 0 Å². The SMILES string of the molecule is Cc1cccc2c1C=NC1CC21. The highest BCUT2D eigenvalue weighted by Crippen LogP contribution is 2.47. The monoisotopic (exact) mass is 157 g/mol. The van der Waals surface area contributed by atoms with Gasteiger partial charge in [0.25, 0.3) is 0 Å². The van der Waals surface area contributed by atoms with E-state index in [0.717, 1.165) is 5.92 Å². The van der Waals surface area contributed by atoms with Gasteiger partial charge in [0.05, 0.1) is 6.04 Å². The first-order valence-corrected chi connectivity index (χ1v) is 4.49. The van der Waals surface area contributed by atoms with Gasteiger partial charge in [0, 0.05) is 12.1 Å². The Morgan fingerprint density at radius 2 is 2.33 bits per heavy atom. The zero-order chi connectivity index (χ0) is 8.13. The molecule has 1 heterocycles. The van der Waals surface area contributed by atoms with E-state index in [-0.39, 0.29) is 0 Å². The predicted octanol–water partition coefficient (Wildman–Crippen LogP) is 2.28. The van der Waals surface area contributed by atoms with Crippen LogP contribution in [0.3, 0.4) is 0 Å². The summed E-state index contributed by atoms with van der Waals surface area (Å²) in [5.41, 5.74) is 4.26. The molecular formula is C11H11N. The van der Waals surface area contributed by atoms with Gasteiger partial charge < -0.3 is 0 Å². The first kappa shape index (κ1) is 6.41. The minimum atomic E-state index is 0.624. The predicted molar refractivity (Wildman–Crippen MR) is 49.9 cm³/mol. The molecule has 3 rings (SSSR count). The van der Waals surface area contributed by atoms with Crippen LogP contribution < -0.4 is 0 Å². The number of nitrogens with zero attached hydrogens (tertiary/aromatic N) is 1. The summed E-state index contributed by atoms with van der Waals surface area (Å²) >= 11 is 0. The molecule has 0 aromatic heterocycles. The molecule has 1 nitrogen and oxygen atoms in total. The van der Waals surface area contributed by atoms with E-state index >= 15 is 0 Å². The van der Waals surface area contributed by atoms with Crippen LogP contribution in [0.5, 0.6) is 0 Å². The number of aryl methyl sites for hydroxylation is 1. The molecule has 1 fully saturated rings. The fourth-order valence-electron chi connectivity index (χ4n) is 2.05. The van der Waals surface area contributed by atoms with Crippen molar-refractivity contribution < 1.29 is 0 Å². The molecule has 1 aromatic rings. The summed E-state index contributed by atoms with van der Waals surface area (Å²) in [6.45, 7) is 2.16. The number of hydrogen-bond donors (Lipinski definition) is 0. The Labute approximate surface area is 72.1 Å². The van der Waals surface area contributed by atoms with Crippen LogP contribution in [0.2, 0.25) is 0 Å². The van der Waals surface area contributed by atoms with Crippen LogP contribution in [0, 0.1) is 6.92 Å². The maximum atomic E-state index is 4.48. The van der Waals surface area contributed by atoms with Crippen LogP contribution in [-0.2, 0) is 0 Å². The van der Waals surface area contributed by atoms with Crippen LogP contribution in [0.4, 0.5) is 0 Å². The summed E-state index contributed by atoms with van der Waals surface area (Å²) in [6.07, 6.45) is 3.33. The summed E-state index contributed by atoms with van der Waals surface area (Å²) in [7, 11) is 0. The van der Waals surface area contributed by atoms with Gasteiger partial charge in [0.15, 0.2) is 0 Å². The molecule has 0 N–H and O–H groups in total. The van der Waals surface area contributed by atoms with E-state index < -0.39 is 0 Å². The van der Waals surface area contributed by atoms with Crippen molar-refractivity contribution in [3.63, 3.8) is 0 Å². The molecule has 0 bridgehead atoms. The van der Waals surface area contributed by atoms with Gasteiger partial charge in [-0.25, -0.2) is 0 Å². The summed E-state index contributed by atoms with van der Waals surface area (Å²) < 4.78 is 0. The molecule has 0 spiro atoms. The lowest BCUT2D eigenvalue weighted by atomic mass is 9.98. The average Bonchev–Trinajstić information content (AvgIpc) is 2.83. The van der Waals surface area contributed by atoms with E-state index in [2.05, 4.69) is 36.3 Å². The van der Waals surface area contributed by atoms with Crippen LogP contribution in [0.25, 0.3) is 0 Å². The molecule has 2 atom stereocenters. The summed E-state index contributed by atoms with van der Waals surface area (Å²) in [5.74, 6) is 0.755. The molecule has 1 aliphatic carbocycles. The van der Waals surface area contributed by atoms with Gasteiger partial charge in [-0.2, -0.15) is 0 Å². The number of fused-ring (bicyclic) bond motifs is 3. The molecule has 0 amide bonds. The van der Waals surface area contributed by atoms with Gasteiger partial charge in [-0.15, -0.1) is 0 Å². The zero-order valence-corrected chi connectivity index (χ0v) is 7.12. The molecule has 12 heavy (non-hydrogen) atoms. The number of hydrogen-bond acceptors (Lipinski definition) is 1. The number of rotatable bonds is 0. The largest absolute Gasteiger partial charge is 0.289 e. The molecular weight excluding hydrogens is 146 g/mol. The van der Waals surface area contributed by atoms with Crippen molar-refractivity contribution in [1.82, 2.24) is 0 Å². The van der Waals surface area contributed by atoms with Crippen molar-refractivity contribution in [1.29, 1.82) is 0 Å². The Morgan fingerprint density at radius 3 is 3.25 bits per heavy atom. The van der Waals surface area contributed by atoms with E-state index in [1.54, 1.807) is 0 Å². The van der Waals surface area contributed by atoms with Crippen molar-refractivity contribution in [2.45, 2.75) is 25.3 Å². The van der Waals surface area contributed by atoms with Crippen molar-refractivity contribution in [3.8, 4) is 0 Å². The van der Waals surface area contributed by atoms with Gasteiger partial charge in [-0.3, -0.25) is 4.99 Å². The lowest BCUT2D eigenvalue weighted by Gasteiger charge is -2.10. The Kier molecular flexibility index (Phi) is 1.06. The molecule has 60 valence electrons. The smallest absolute Gasteiger partial charge is 0.0575 e. The summed E-state index contributed by atoms with van der Waals surface area (Å²) in [5, 5.41) is 0. The van der Waals surface area contributed by atoms with Crippen LogP contribution in [-0.4, -0.2) is 12.3 Å². The highest BCUT2D eigenvalue weighted by molar-refractivity contribution is 5.86. The minimum absolute atomic E-state index is 0.624. The van der Waals surface area contributed by atoms with E-state index in [9.17, 15) is 0 Å². The van der Waals surface area contributed by atoms with E-state index in [1.165, 1.54) is 23.1 Å². The Hall–Kier alpha value is -1.11. The van der Waals surface area contributed by atoms with Crippen LogP contribution >= 0.6 is 0 Å². The lowest BCUT2D eigenvalue weighted by molar-refractivity contribution is 0.970. The first-order chi connectivity index (χ1) is 5.86.